The molecule has 1 heterocycles. The molecule has 0 atom stereocenters. The predicted octanol–water partition coefficient (Wildman–Crippen LogP) is 3.11. The van der Waals surface area contributed by atoms with Gasteiger partial charge in [-0.05, 0) is 36.8 Å². The van der Waals surface area contributed by atoms with Gasteiger partial charge in [-0.15, -0.1) is 0 Å². The van der Waals surface area contributed by atoms with E-state index >= 15 is 0 Å². The van der Waals surface area contributed by atoms with Crippen molar-refractivity contribution in [3.63, 3.8) is 0 Å². The minimum absolute atomic E-state index is 0.112. The lowest BCUT2D eigenvalue weighted by atomic mass is 9.83. The average molecular weight is 257 g/mol. The van der Waals surface area contributed by atoms with Crippen LogP contribution in [0.3, 0.4) is 0 Å². The molecule has 3 heteroatoms. The lowest BCUT2D eigenvalue weighted by molar-refractivity contribution is 0.0611. The van der Waals surface area contributed by atoms with Crippen LogP contribution >= 0.6 is 0 Å². The molecular formula is C16H19NO2. The molecule has 0 bridgehead atoms. The Hall–Kier alpha value is -1.64. The number of benzene rings is 1. The lowest BCUT2D eigenvalue weighted by Crippen LogP contribution is -2.35. The summed E-state index contributed by atoms with van der Waals surface area (Å²) in [4.78, 5) is 26.0. The molecule has 2 aliphatic rings. The number of carbonyl (C=O) groups is 2. The number of amides is 2. The minimum Gasteiger partial charge on any atom is -0.274 e. The van der Waals surface area contributed by atoms with E-state index in [2.05, 4.69) is 6.92 Å². The number of hydrogen-bond donors (Lipinski definition) is 0. The van der Waals surface area contributed by atoms with Crippen molar-refractivity contribution in [2.75, 3.05) is 6.54 Å². The lowest BCUT2D eigenvalue weighted by Gasteiger charge is -2.28. The minimum atomic E-state index is -0.112. The third-order valence-electron chi connectivity index (χ3n) is 4.45. The Balaban J connectivity index is 1.74. The van der Waals surface area contributed by atoms with Crippen LogP contribution in [0.1, 0.15) is 53.3 Å². The van der Waals surface area contributed by atoms with Crippen molar-refractivity contribution < 1.29 is 9.59 Å². The Morgan fingerprint density at radius 3 is 2.05 bits per heavy atom. The number of rotatable bonds is 2. The zero-order chi connectivity index (χ0) is 13.4. The zero-order valence-corrected chi connectivity index (χ0v) is 11.3. The summed E-state index contributed by atoms with van der Waals surface area (Å²) < 4.78 is 0. The van der Waals surface area contributed by atoms with E-state index in [9.17, 15) is 9.59 Å². The summed E-state index contributed by atoms with van der Waals surface area (Å²) in [5, 5.41) is 0. The largest absolute Gasteiger partial charge is 0.274 e. The number of hydrogen-bond acceptors (Lipinski definition) is 2. The Bertz CT molecular complexity index is 480. The van der Waals surface area contributed by atoms with Crippen molar-refractivity contribution in [1.82, 2.24) is 4.90 Å². The topological polar surface area (TPSA) is 37.4 Å². The molecule has 19 heavy (non-hydrogen) atoms. The van der Waals surface area contributed by atoms with Crippen molar-refractivity contribution in [1.29, 1.82) is 0 Å². The first-order valence-electron chi connectivity index (χ1n) is 7.12. The molecule has 1 fully saturated rings. The number of nitrogens with zero attached hydrogens (tertiary/aromatic N) is 1. The van der Waals surface area contributed by atoms with Crippen LogP contribution in [-0.4, -0.2) is 23.3 Å². The summed E-state index contributed by atoms with van der Waals surface area (Å²) >= 11 is 0. The molecule has 0 radical (unpaired) electrons. The number of imide groups is 1. The smallest absolute Gasteiger partial charge is 0.261 e. The second-order valence-corrected chi connectivity index (χ2v) is 5.89. The molecule has 3 rings (SSSR count). The van der Waals surface area contributed by atoms with Crippen molar-refractivity contribution in [2.24, 2.45) is 11.8 Å². The maximum atomic E-state index is 12.3. The monoisotopic (exact) mass is 257 g/mol. The van der Waals surface area contributed by atoms with Gasteiger partial charge in [0.1, 0.15) is 0 Å². The second kappa shape index (κ2) is 4.80. The fourth-order valence-corrected chi connectivity index (χ4v) is 3.17. The molecule has 0 spiro atoms. The molecule has 1 aliphatic heterocycles. The van der Waals surface area contributed by atoms with Gasteiger partial charge in [-0.3, -0.25) is 14.5 Å². The van der Waals surface area contributed by atoms with E-state index in [0.29, 0.717) is 23.6 Å². The van der Waals surface area contributed by atoms with E-state index in [1.807, 2.05) is 12.1 Å². The summed E-state index contributed by atoms with van der Waals surface area (Å²) in [7, 11) is 0. The molecular weight excluding hydrogens is 238 g/mol. The second-order valence-electron chi connectivity index (χ2n) is 5.89. The Kier molecular flexibility index (Phi) is 3.13. The first-order valence-corrected chi connectivity index (χ1v) is 7.12. The third kappa shape index (κ3) is 2.18. The summed E-state index contributed by atoms with van der Waals surface area (Å²) in [5.74, 6) is 1.05. The highest BCUT2D eigenvalue weighted by atomic mass is 16.2. The Morgan fingerprint density at radius 2 is 1.53 bits per heavy atom. The van der Waals surface area contributed by atoms with Gasteiger partial charge in [0.25, 0.3) is 11.8 Å². The average Bonchev–Trinajstić information content (AvgIpc) is 2.67. The Morgan fingerprint density at radius 1 is 1.00 bits per heavy atom. The highest BCUT2D eigenvalue weighted by Crippen LogP contribution is 2.31. The van der Waals surface area contributed by atoms with Gasteiger partial charge < -0.3 is 0 Å². The maximum absolute atomic E-state index is 12.3. The molecule has 1 aliphatic carbocycles. The van der Waals surface area contributed by atoms with Crippen LogP contribution < -0.4 is 0 Å². The molecule has 100 valence electrons. The molecule has 0 N–H and O–H groups in total. The quantitative estimate of drug-likeness (QED) is 0.763. The third-order valence-corrected chi connectivity index (χ3v) is 4.45. The van der Waals surface area contributed by atoms with Gasteiger partial charge in [-0.1, -0.05) is 31.9 Å². The summed E-state index contributed by atoms with van der Waals surface area (Å²) in [6.07, 6.45) is 4.70. The van der Waals surface area contributed by atoms with Crippen LogP contribution in [0, 0.1) is 11.8 Å². The highest BCUT2D eigenvalue weighted by Gasteiger charge is 2.36. The fraction of sp³-hybridized carbons (Fsp3) is 0.500. The maximum Gasteiger partial charge on any atom is 0.261 e. The van der Waals surface area contributed by atoms with Crippen LogP contribution in [-0.2, 0) is 0 Å². The Labute approximate surface area is 113 Å². The van der Waals surface area contributed by atoms with E-state index in [-0.39, 0.29) is 11.8 Å². The molecule has 0 saturated heterocycles. The molecule has 1 aromatic carbocycles. The van der Waals surface area contributed by atoms with Gasteiger partial charge in [-0.25, -0.2) is 0 Å². The summed E-state index contributed by atoms with van der Waals surface area (Å²) in [6.45, 7) is 2.87. The van der Waals surface area contributed by atoms with Crippen LogP contribution in [0.5, 0.6) is 0 Å². The van der Waals surface area contributed by atoms with E-state index in [1.54, 1.807) is 12.1 Å². The van der Waals surface area contributed by atoms with Gasteiger partial charge in [0.15, 0.2) is 0 Å². The van der Waals surface area contributed by atoms with Crippen molar-refractivity contribution in [3.05, 3.63) is 35.4 Å². The van der Waals surface area contributed by atoms with E-state index in [4.69, 9.17) is 0 Å². The van der Waals surface area contributed by atoms with Crippen LogP contribution in [0.25, 0.3) is 0 Å². The number of carbonyl (C=O) groups excluding carboxylic acids is 2. The fourth-order valence-electron chi connectivity index (χ4n) is 3.17. The highest BCUT2D eigenvalue weighted by molar-refractivity contribution is 6.21. The first-order chi connectivity index (χ1) is 9.16. The van der Waals surface area contributed by atoms with E-state index < -0.39 is 0 Å². The van der Waals surface area contributed by atoms with E-state index in [1.165, 1.54) is 17.7 Å². The summed E-state index contributed by atoms with van der Waals surface area (Å²) in [6, 6.07) is 7.13. The van der Waals surface area contributed by atoms with Crippen LogP contribution in [0.4, 0.5) is 0 Å². The van der Waals surface area contributed by atoms with Gasteiger partial charge in [0, 0.05) is 6.54 Å². The van der Waals surface area contributed by atoms with Crippen LogP contribution in [0.2, 0.25) is 0 Å². The molecule has 0 aromatic heterocycles. The predicted molar refractivity (Wildman–Crippen MR) is 72.9 cm³/mol. The first kappa shape index (κ1) is 12.4. The molecule has 1 aromatic rings. The zero-order valence-electron chi connectivity index (χ0n) is 11.3. The van der Waals surface area contributed by atoms with Gasteiger partial charge >= 0.3 is 0 Å². The standard InChI is InChI=1S/C16H19NO2/c1-11-6-8-12(9-7-11)10-17-15(18)13-4-2-3-5-14(13)16(17)19/h2-5,11-12H,6-10H2,1H3. The SMILES string of the molecule is CC1CCC(CN2C(=O)c3ccccc3C2=O)CC1. The van der Waals surface area contributed by atoms with Gasteiger partial charge in [-0.2, -0.15) is 0 Å². The molecule has 3 nitrogen and oxygen atoms in total. The van der Waals surface area contributed by atoms with E-state index in [0.717, 1.165) is 18.8 Å². The molecule has 0 unspecified atom stereocenters. The number of fused-ring (bicyclic) bond motifs is 1. The van der Waals surface area contributed by atoms with Crippen LogP contribution in [0.15, 0.2) is 24.3 Å². The summed E-state index contributed by atoms with van der Waals surface area (Å²) in [5.41, 5.74) is 1.13. The molecule has 2 amide bonds. The normalized spacial score (nSPS) is 26.7. The van der Waals surface area contributed by atoms with Crippen molar-refractivity contribution in [3.8, 4) is 0 Å². The van der Waals surface area contributed by atoms with Gasteiger partial charge in [0.2, 0.25) is 0 Å². The molecule has 1 saturated carbocycles. The van der Waals surface area contributed by atoms with Crippen molar-refractivity contribution >= 4 is 11.8 Å². The van der Waals surface area contributed by atoms with Gasteiger partial charge in [0.05, 0.1) is 11.1 Å². The van der Waals surface area contributed by atoms with Crippen molar-refractivity contribution in [2.45, 2.75) is 32.6 Å².